The molecule has 2 aromatic carbocycles. The van der Waals surface area contributed by atoms with E-state index in [0.717, 1.165) is 21.6 Å². The van der Waals surface area contributed by atoms with Crippen molar-refractivity contribution in [2.75, 3.05) is 24.7 Å². The predicted molar refractivity (Wildman–Crippen MR) is 120 cm³/mol. The topological polar surface area (TPSA) is 131 Å². The third-order valence-corrected chi connectivity index (χ3v) is 4.89. The monoisotopic (exact) mass is 425 g/mol. The molecule has 0 atom stereocenters. The van der Waals surface area contributed by atoms with Gasteiger partial charge in [0.15, 0.2) is 5.82 Å². The van der Waals surface area contributed by atoms with E-state index in [0.29, 0.717) is 29.6 Å². The number of nitrogens with two attached hydrogens (primary N) is 1. The number of carbonyl (C=O) groups excluding carboxylic acids is 1. The summed E-state index contributed by atoms with van der Waals surface area (Å²) in [6, 6.07) is 10.6. The summed E-state index contributed by atoms with van der Waals surface area (Å²) in [5, 5.41) is 19.6. The van der Waals surface area contributed by atoms with Gasteiger partial charge in [0, 0.05) is 12.2 Å². The van der Waals surface area contributed by atoms with Gasteiger partial charge in [-0.25, -0.2) is 9.59 Å². The van der Waals surface area contributed by atoms with Gasteiger partial charge in [-0.2, -0.15) is 4.68 Å². The number of hydrogen-bond acceptors (Lipinski definition) is 5. The molecule has 3 aromatic rings. The number of aromatic nitrogens is 2. The minimum Gasteiger partial charge on any atom is -0.497 e. The first-order valence-electron chi connectivity index (χ1n) is 9.84. The Morgan fingerprint density at radius 2 is 1.97 bits per heavy atom. The minimum absolute atomic E-state index is 0.101. The van der Waals surface area contributed by atoms with Gasteiger partial charge in [-0.15, -0.1) is 5.10 Å². The van der Waals surface area contributed by atoms with Gasteiger partial charge in [0.2, 0.25) is 0 Å². The van der Waals surface area contributed by atoms with E-state index >= 15 is 0 Å². The molecule has 164 valence electrons. The highest BCUT2D eigenvalue weighted by atomic mass is 16.5. The van der Waals surface area contributed by atoms with E-state index in [9.17, 15) is 14.7 Å². The lowest BCUT2D eigenvalue weighted by Gasteiger charge is -2.24. The summed E-state index contributed by atoms with van der Waals surface area (Å²) < 4.78 is 6.06. The number of fused-ring (bicyclic) bond motifs is 1. The van der Waals surface area contributed by atoms with Crippen LogP contribution in [-0.2, 0) is 11.8 Å². The van der Waals surface area contributed by atoms with Crippen molar-refractivity contribution in [2.45, 2.75) is 32.6 Å². The molecule has 0 aliphatic carbocycles. The van der Waals surface area contributed by atoms with Crippen LogP contribution < -0.4 is 21.1 Å². The van der Waals surface area contributed by atoms with Crippen molar-refractivity contribution < 1.29 is 19.4 Å². The van der Waals surface area contributed by atoms with Crippen LogP contribution in [0.25, 0.3) is 10.9 Å². The summed E-state index contributed by atoms with van der Waals surface area (Å²) >= 11 is 0. The highest BCUT2D eigenvalue weighted by Crippen LogP contribution is 2.38. The molecule has 0 fully saturated rings. The molecule has 31 heavy (non-hydrogen) atoms. The molecule has 0 aliphatic rings. The van der Waals surface area contributed by atoms with Crippen LogP contribution in [0.4, 0.5) is 21.1 Å². The van der Waals surface area contributed by atoms with E-state index in [1.165, 1.54) is 0 Å². The third kappa shape index (κ3) is 4.71. The Morgan fingerprint density at radius 3 is 2.61 bits per heavy atom. The molecule has 0 radical (unpaired) electrons. The van der Waals surface area contributed by atoms with Gasteiger partial charge in [0.25, 0.3) is 0 Å². The number of benzene rings is 2. The molecule has 0 aliphatic heterocycles. The van der Waals surface area contributed by atoms with Gasteiger partial charge in [-0.05, 0) is 47.2 Å². The average molecular weight is 425 g/mol. The molecule has 5 N–H and O–H groups in total. The van der Waals surface area contributed by atoms with Crippen LogP contribution in [-0.4, -0.2) is 40.7 Å². The van der Waals surface area contributed by atoms with Gasteiger partial charge in [0.1, 0.15) is 5.75 Å². The Balaban J connectivity index is 1.81. The quantitative estimate of drug-likeness (QED) is 0.491. The van der Waals surface area contributed by atoms with Crippen LogP contribution in [0.15, 0.2) is 36.4 Å². The zero-order valence-electron chi connectivity index (χ0n) is 18.0. The molecule has 9 heteroatoms. The fourth-order valence-electron chi connectivity index (χ4n) is 3.58. The number of carbonyl (C=O) groups is 2. The summed E-state index contributed by atoms with van der Waals surface area (Å²) in [6.07, 6.45) is -0.578. The molecule has 1 heterocycles. The number of nitrogens with zero attached hydrogens (tertiary/aromatic N) is 2. The maximum Gasteiger partial charge on any atom is 0.432 e. The normalized spacial score (nSPS) is 11.4. The van der Waals surface area contributed by atoms with Crippen molar-refractivity contribution in [1.29, 1.82) is 0 Å². The molecule has 0 unspecified atom stereocenters. The Kier molecular flexibility index (Phi) is 6.05. The molecule has 0 saturated heterocycles. The van der Waals surface area contributed by atoms with E-state index < -0.39 is 11.5 Å². The van der Waals surface area contributed by atoms with Crippen LogP contribution in [0, 0.1) is 0 Å². The molecule has 0 saturated carbocycles. The number of nitrogen functional groups attached to an aromatic ring is 1. The zero-order valence-corrected chi connectivity index (χ0v) is 18.0. The molecule has 0 spiro atoms. The Hall–Kier alpha value is -3.75. The van der Waals surface area contributed by atoms with E-state index in [1.54, 1.807) is 19.2 Å². The smallest absolute Gasteiger partial charge is 0.432 e. The highest BCUT2D eigenvalue weighted by Gasteiger charge is 2.27. The maximum absolute atomic E-state index is 12.5. The minimum atomic E-state index is -1.22. The van der Waals surface area contributed by atoms with E-state index in [2.05, 4.69) is 15.7 Å². The lowest BCUT2D eigenvalue weighted by molar-refractivity contribution is 0.194. The summed E-state index contributed by atoms with van der Waals surface area (Å²) in [6.45, 7) is 6.33. The molecule has 3 rings (SSSR count). The van der Waals surface area contributed by atoms with Crippen LogP contribution in [0.3, 0.4) is 0 Å². The fraction of sp³-hybridized carbons (Fsp3) is 0.318. The molecule has 9 nitrogen and oxygen atoms in total. The number of urea groups is 1. The fourth-order valence-corrected chi connectivity index (χ4v) is 3.58. The average Bonchev–Trinajstić information content (AvgIpc) is 3.04. The second-order valence-corrected chi connectivity index (χ2v) is 8.19. The van der Waals surface area contributed by atoms with Gasteiger partial charge >= 0.3 is 12.1 Å². The standard InChI is InChI=1S/C22H27N5O4/c1-22(2,3)18-15(8-9-16-17(18)19(23)26-27(16)21(29)30)25-20(28)24-11-10-13-6-5-7-14(12-13)31-4/h5-9,12H,10-11H2,1-4H3,(H2,23,26)(H,29,30)(H2,24,25,28). The van der Waals surface area contributed by atoms with Crippen molar-refractivity contribution in [3.05, 3.63) is 47.5 Å². The Bertz CT molecular complexity index is 1130. The van der Waals surface area contributed by atoms with Crippen LogP contribution >= 0.6 is 0 Å². The number of carboxylic acid groups (broad SMARTS) is 1. The number of methoxy groups -OCH3 is 1. The first kappa shape index (κ1) is 21.9. The summed E-state index contributed by atoms with van der Waals surface area (Å²) in [4.78, 5) is 24.0. The van der Waals surface area contributed by atoms with Crippen molar-refractivity contribution in [3.8, 4) is 5.75 Å². The Labute approximate surface area is 180 Å². The maximum atomic E-state index is 12.5. The second kappa shape index (κ2) is 8.55. The summed E-state index contributed by atoms with van der Waals surface area (Å²) in [5.74, 6) is 0.869. The number of rotatable bonds is 5. The largest absolute Gasteiger partial charge is 0.497 e. The van der Waals surface area contributed by atoms with Gasteiger partial charge in [0.05, 0.1) is 18.0 Å². The number of hydrogen-bond donors (Lipinski definition) is 4. The zero-order chi connectivity index (χ0) is 22.8. The summed E-state index contributed by atoms with van der Waals surface area (Å²) in [7, 11) is 1.61. The second-order valence-electron chi connectivity index (χ2n) is 8.19. The molecular formula is C22H27N5O4. The van der Waals surface area contributed by atoms with E-state index in [-0.39, 0.29) is 11.8 Å². The molecule has 0 bridgehead atoms. The van der Waals surface area contributed by atoms with Crippen LogP contribution in [0.2, 0.25) is 0 Å². The van der Waals surface area contributed by atoms with E-state index in [4.69, 9.17) is 10.5 Å². The van der Waals surface area contributed by atoms with Gasteiger partial charge in [-0.1, -0.05) is 32.9 Å². The lowest BCUT2D eigenvalue weighted by atomic mass is 9.83. The SMILES string of the molecule is COc1cccc(CCNC(=O)Nc2ccc3c(c(N)nn3C(=O)O)c2C(C)(C)C)c1. The van der Waals surface area contributed by atoms with Crippen molar-refractivity contribution >= 4 is 34.5 Å². The highest BCUT2D eigenvalue weighted by molar-refractivity contribution is 6.02. The molecule has 1 aromatic heterocycles. The predicted octanol–water partition coefficient (Wildman–Crippen LogP) is 3.81. The van der Waals surface area contributed by atoms with Crippen LogP contribution in [0.1, 0.15) is 31.9 Å². The van der Waals surface area contributed by atoms with Crippen molar-refractivity contribution in [1.82, 2.24) is 15.1 Å². The summed E-state index contributed by atoms with van der Waals surface area (Å²) in [5.41, 5.74) is 8.31. The third-order valence-electron chi connectivity index (χ3n) is 4.89. The van der Waals surface area contributed by atoms with Gasteiger partial charge < -0.3 is 26.2 Å². The first-order chi connectivity index (χ1) is 14.6. The number of anilines is 2. The van der Waals surface area contributed by atoms with Gasteiger partial charge in [-0.3, -0.25) is 0 Å². The van der Waals surface area contributed by atoms with Crippen LogP contribution in [0.5, 0.6) is 5.75 Å². The molecule has 2 amide bonds. The first-order valence-corrected chi connectivity index (χ1v) is 9.84. The molecular weight excluding hydrogens is 398 g/mol. The number of ether oxygens (including phenoxy) is 1. The number of nitrogens with one attached hydrogen (secondary N) is 2. The lowest BCUT2D eigenvalue weighted by Crippen LogP contribution is -2.31. The number of amides is 2. The van der Waals surface area contributed by atoms with E-state index in [1.807, 2.05) is 45.0 Å². The Morgan fingerprint density at radius 1 is 1.23 bits per heavy atom. The van der Waals surface area contributed by atoms with Crippen molar-refractivity contribution in [2.24, 2.45) is 0 Å². The van der Waals surface area contributed by atoms with Crippen molar-refractivity contribution in [3.63, 3.8) is 0 Å².